The van der Waals surface area contributed by atoms with Crippen LogP contribution in [0.1, 0.15) is 24.4 Å². The largest absolute Gasteiger partial charge is 0.390 e. The van der Waals surface area contributed by atoms with E-state index in [0.29, 0.717) is 0 Å². The number of aromatic amines is 1. The van der Waals surface area contributed by atoms with E-state index in [1.807, 2.05) is 0 Å². The number of halogens is 1. The minimum absolute atomic E-state index is 0.176. The van der Waals surface area contributed by atoms with Gasteiger partial charge in [-0.25, -0.2) is 4.79 Å². The summed E-state index contributed by atoms with van der Waals surface area (Å²) in [5, 5.41) is 9.95. The summed E-state index contributed by atoms with van der Waals surface area (Å²) in [7, 11) is -4.33. The Labute approximate surface area is 138 Å². The third kappa shape index (κ3) is 4.72. The van der Waals surface area contributed by atoms with Gasteiger partial charge in [-0.05, 0) is 23.9 Å². The molecule has 0 amide bonds. The van der Waals surface area contributed by atoms with Crippen LogP contribution in [0.15, 0.2) is 20.8 Å². The summed E-state index contributed by atoms with van der Waals surface area (Å²) in [6, 6.07) is -0.446. The van der Waals surface area contributed by atoms with Gasteiger partial charge in [0.25, 0.3) is 5.56 Å². The first-order valence-corrected chi connectivity index (χ1v) is 9.39. The number of rotatable bonds is 5. The molecule has 0 aromatic carbocycles. The molecule has 11 heteroatoms. The number of hydrogen-bond acceptors (Lipinski definition) is 5. The summed E-state index contributed by atoms with van der Waals surface area (Å²) in [6.07, 6.45) is 0.686. The van der Waals surface area contributed by atoms with Crippen LogP contribution in [0.3, 0.4) is 0 Å². The molecule has 1 heterocycles. The molecule has 9 nitrogen and oxygen atoms in total. The van der Waals surface area contributed by atoms with Crippen LogP contribution in [-0.2, 0) is 9.30 Å². The van der Waals surface area contributed by atoms with Crippen molar-refractivity contribution in [1.29, 1.82) is 0 Å². The molecule has 2 rings (SSSR count). The van der Waals surface area contributed by atoms with E-state index in [-0.39, 0.29) is 18.4 Å². The predicted molar refractivity (Wildman–Crippen MR) is 85.3 cm³/mol. The molecule has 23 heavy (non-hydrogen) atoms. The van der Waals surface area contributed by atoms with Crippen LogP contribution in [0.2, 0.25) is 0 Å². The monoisotopic (exact) mass is 410 g/mol. The van der Waals surface area contributed by atoms with E-state index in [2.05, 4.69) is 20.9 Å². The number of ether oxygens (including phenoxy) is 1. The lowest BCUT2D eigenvalue weighted by molar-refractivity contribution is -0.00426. The molecular weight excluding hydrogens is 395 g/mol. The van der Waals surface area contributed by atoms with Crippen LogP contribution >= 0.6 is 23.5 Å². The lowest BCUT2D eigenvalue weighted by atomic mass is 10.2. The maximum atomic E-state index is 11.9. The maximum absolute atomic E-state index is 11.9. The smallest absolute Gasteiger partial charge is 0.350 e. The maximum Gasteiger partial charge on any atom is 0.350 e. The van der Waals surface area contributed by atoms with E-state index >= 15 is 0 Å². The molecule has 0 bridgehead atoms. The van der Waals surface area contributed by atoms with Gasteiger partial charge in [-0.15, -0.1) is 0 Å². The van der Waals surface area contributed by atoms with Crippen molar-refractivity contribution >= 4 is 29.6 Å². The Bertz CT molecular complexity index is 753. The number of H-pyrrole nitrogens is 1. The molecule has 0 saturated heterocycles. The first-order valence-electron chi connectivity index (χ1n) is 6.67. The van der Waals surface area contributed by atoms with Gasteiger partial charge in [-0.1, -0.05) is 15.9 Å². The van der Waals surface area contributed by atoms with Crippen LogP contribution in [0.5, 0.6) is 0 Å². The van der Waals surface area contributed by atoms with Crippen molar-refractivity contribution in [3.8, 4) is 0 Å². The van der Waals surface area contributed by atoms with E-state index in [0.717, 1.165) is 0 Å². The Hall–Kier alpha value is -1.03. The van der Waals surface area contributed by atoms with Gasteiger partial charge >= 0.3 is 13.3 Å². The number of nitrogens with zero attached hydrogens (tertiary/aromatic N) is 1. The second kappa shape index (κ2) is 7.25. The highest BCUT2D eigenvalue weighted by Crippen LogP contribution is 2.38. The van der Waals surface area contributed by atoms with E-state index in [9.17, 15) is 19.3 Å². The quantitative estimate of drug-likeness (QED) is 0.504. The summed E-state index contributed by atoms with van der Waals surface area (Å²) in [6.45, 7) is 0. The van der Waals surface area contributed by atoms with Crippen molar-refractivity contribution in [3.63, 3.8) is 0 Å². The highest BCUT2D eigenvalue weighted by Gasteiger charge is 2.36. The lowest BCUT2D eigenvalue weighted by Crippen LogP contribution is -2.32. The number of hydrogen-bond donors (Lipinski definition) is 4. The Balaban J connectivity index is 2.20. The minimum atomic E-state index is -4.33. The van der Waals surface area contributed by atoms with Crippen molar-refractivity contribution in [1.82, 2.24) is 9.55 Å². The number of aliphatic hydroxyl groups is 1. The fourth-order valence-electron chi connectivity index (χ4n) is 2.51. The number of aromatic nitrogens is 2. The fourth-order valence-corrected chi connectivity index (χ4v) is 3.18. The number of aliphatic hydroxyl groups excluding tert-OH is 1. The molecule has 1 fully saturated rings. The van der Waals surface area contributed by atoms with Crippen LogP contribution in [0.25, 0.3) is 6.08 Å². The SMILES string of the molecule is O=c1[nH]c(=O)n([C@@H]2C[C@H](OCP(=O)(O)O)[C@@H](O)C2)cc1/C=C/Br. The molecule has 1 aromatic rings. The van der Waals surface area contributed by atoms with Gasteiger partial charge < -0.3 is 19.6 Å². The zero-order chi connectivity index (χ0) is 17.2. The van der Waals surface area contributed by atoms with E-state index < -0.39 is 43.4 Å². The van der Waals surface area contributed by atoms with Gasteiger partial charge in [-0.3, -0.25) is 18.9 Å². The summed E-state index contributed by atoms with van der Waals surface area (Å²) >= 11 is 3.05. The minimum Gasteiger partial charge on any atom is -0.390 e. The average Bonchev–Trinajstić information content (AvgIpc) is 2.80. The normalized spacial score (nSPS) is 25.3. The van der Waals surface area contributed by atoms with Gasteiger partial charge in [-0.2, -0.15) is 0 Å². The molecule has 0 radical (unpaired) electrons. The van der Waals surface area contributed by atoms with Gasteiger partial charge in [0.05, 0.1) is 17.8 Å². The summed E-state index contributed by atoms with van der Waals surface area (Å²) in [5.74, 6) is 0. The zero-order valence-electron chi connectivity index (χ0n) is 11.8. The van der Waals surface area contributed by atoms with Crippen molar-refractivity contribution in [3.05, 3.63) is 37.6 Å². The highest BCUT2D eigenvalue weighted by molar-refractivity contribution is 9.11. The van der Waals surface area contributed by atoms with Crippen molar-refractivity contribution in [2.75, 3.05) is 6.35 Å². The molecule has 0 unspecified atom stereocenters. The summed E-state index contributed by atoms with van der Waals surface area (Å²) in [4.78, 5) is 44.9. The molecule has 4 N–H and O–H groups in total. The highest BCUT2D eigenvalue weighted by atomic mass is 79.9. The van der Waals surface area contributed by atoms with Gasteiger partial charge in [0, 0.05) is 12.2 Å². The van der Waals surface area contributed by atoms with Crippen molar-refractivity contribution in [2.24, 2.45) is 0 Å². The molecule has 1 aliphatic carbocycles. The summed E-state index contributed by atoms with van der Waals surface area (Å²) < 4.78 is 17.2. The van der Waals surface area contributed by atoms with E-state index in [4.69, 9.17) is 14.5 Å². The molecule has 3 atom stereocenters. The number of nitrogens with one attached hydrogen (secondary N) is 1. The van der Waals surface area contributed by atoms with Gasteiger partial charge in [0.2, 0.25) is 0 Å². The fraction of sp³-hybridized carbons (Fsp3) is 0.500. The first-order chi connectivity index (χ1) is 10.7. The Kier molecular flexibility index (Phi) is 5.77. The standard InChI is InChI=1S/C12H16BrN2O7P/c13-2-1-7-5-15(12(18)14-11(7)17)8-3-9(16)10(4-8)22-6-23(19,20)21/h1-2,5,8-10,16H,3-4,6H2,(H,14,17,18)(H2,19,20,21)/b2-1+/t8-,9-,10-/m0/s1. The molecule has 1 saturated carbocycles. The Morgan fingerprint density at radius 2 is 2.13 bits per heavy atom. The molecule has 128 valence electrons. The summed E-state index contributed by atoms with van der Waals surface area (Å²) in [5.41, 5.74) is -0.889. The topological polar surface area (TPSA) is 142 Å². The van der Waals surface area contributed by atoms with Gasteiger partial charge in [0.1, 0.15) is 6.35 Å². The van der Waals surface area contributed by atoms with Gasteiger partial charge in [0.15, 0.2) is 0 Å². The van der Waals surface area contributed by atoms with Crippen LogP contribution in [0, 0.1) is 0 Å². The second-order valence-corrected chi connectivity index (χ2v) is 7.35. The molecule has 0 spiro atoms. The van der Waals surface area contributed by atoms with E-state index in [1.165, 1.54) is 21.8 Å². The van der Waals surface area contributed by atoms with Crippen LogP contribution < -0.4 is 11.2 Å². The van der Waals surface area contributed by atoms with Crippen molar-refractivity contribution < 1.29 is 24.2 Å². The van der Waals surface area contributed by atoms with Crippen LogP contribution in [-0.4, -0.2) is 43.0 Å². The van der Waals surface area contributed by atoms with Crippen LogP contribution in [0.4, 0.5) is 0 Å². The average molecular weight is 411 g/mol. The third-order valence-corrected chi connectivity index (χ3v) is 4.28. The molecule has 0 aliphatic heterocycles. The lowest BCUT2D eigenvalue weighted by Gasteiger charge is -2.16. The Morgan fingerprint density at radius 1 is 1.43 bits per heavy atom. The molecule has 1 aromatic heterocycles. The van der Waals surface area contributed by atoms with Crippen molar-refractivity contribution in [2.45, 2.75) is 31.1 Å². The zero-order valence-corrected chi connectivity index (χ0v) is 14.3. The first kappa shape index (κ1) is 18.3. The second-order valence-electron chi connectivity index (χ2n) is 5.24. The predicted octanol–water partition coefficient (Wildman–Crippen LogP) is 0.118. The third-order valence-electron chi connectivity index (χ3n) is 3.54. The molecular formula is C12H16BrN2O7P. The van der Waals surface area contributed by atoms with E-state index in [1.54, 1.807) is 0 Å². The Morgan fingerprint density at radius 3 is 2.74 bits per heavy atom. The molecule has 1 aliphatic rings.